The standard InChI is InChI=1S/C27H24Cl2N2O3/c1-17-26(27(33)31(30-17)16-20-8-11-21(28)14-24(20)29)23(18-9-12-22(34-2)13-10-18)15-25(32)19-6-4-3-5-7-19/h3-14,23,26H,15-16H2,1-2H3/t23-,26+/m1/s1. The minimum absolute atomic E-state index is 0.0267. The Labute approximate surface area is 208 Å². The monoisotopic (exact) mass is 494 g/mol. The van der Waals surface area contributed by atoms with Gasteiger partial charge in [-0.1, -0.05) is 71.7 Å². The Morgan fingerprint density at radius 1 is 1.06 bits per heavy atom. The molecule has 0 bridgehead atoms. The van der Waals surface area contributed by atoms with Crippen LogP contribution in [0.1, 0.15) is 40.7 Å². The van der Waals surface area contributed by atoms with E-state index in [1.807, 2.05) is 49.4 Å². The number of ether oxygens (including phenoxy) is 1. The van der Waals surface area contributed by atoms with E-state index in [9.17, 15) is 9.59 Å². The molecular weight excluding hydrogens is 471 g/mol. The van der Waals surface area contributed by atoms with E-state index < -0.39 is 5.92 Å². The number of hydrazone groups is 1. The lowest BCUT2D eigenvalue weighted by Crippen LogP contribution is -2.32. The summed E-state index contributed by atoms with van der Waals surface area (Å²) in [6.45, 7) is 2.06. The van der Waals surface area contributed by atoms with E-state index in [4.69, 9.17) is 27.9 Å². The number of Topliss-reactive ketones (excluding diaryl/α,β-unsaturated/α-hetero) is 1. The van der Waals surface area contributed by atoms with Gasteiger partial charge in [-0.05, 0) is 42.3 Å². The Balaban J connectivity index is 1.64. The van der Waals surface area contributed by atoms with Gasteiger partial charge in [-0.2, -0.15) is 5.10 Å². The van der Waals surface area contributed by atoms with Crippen LogP contribution in [0, 0.1) is 5.92 Å². The zero-order chi connectivity index (χ0) is 24.2. The molecule has 0 unspecified atom stereocenters. The van der Waals surface area contributed by atoms with E-state index in [1.165, 1.54) is 5.01 Å². The SMILES string of the molecule is COc1ccc([C@@H](CC(=O)c2ccccc2)[C@H]2C(=O)N(Cc3ccc(Cl)cc3Cl)N=C2C)cc1. The number of benzene rings is 3. The number of carbonyl (C=O) groups excluding carboxylic acids is 2. The number of ketones is 1. The molecule has 3 aromatic rings. The van der Waals surface area contributed by atoms with Crippen LogP contribution in [0.4, 0.5) is 0 Å². The molecule has 1 aliphatic heterocycles. The summed E-state index contributed by atoms with van der Waals surface area (Å²) in [4.78, 5) is 26.7. The number of rotatable bonds is 8. The molecule has 5 nitrogen and oxygen atoms in total. The molecule has 3 aromatic carbocycles. The first-order chi connectivity index (χ1) is 16.4. The lowest BCUT2D eigenvalue weighted by atomic mass is 9.79. The molecule has 0 radical (unpaired) electrons. The van der Waals surface area contributed by atoms with Crippen LogP contribution in [-0.4, -0.2) is 29.5 Å². The van der Waals surface area contributed by atoms with Gasteiger partial charge in [-0.3, -0.25) is 9.59 Å². The van der Waals surface area contributed by atoms with Gasteiger partial charge in [0.15, 0.2) is 5.78 Å². The van der Waals surface area contributed by atoms with Crippen LogP contribution in [0.5, 0.6) is 5.75 Å². The largest absolute Gasteiger partial charge is 0.497 e. The Morgan fingerprint density at radius 2 is 1.76 bits per heavy atom. The van der Waals surface area contributed by atoms with Gasteiger partial charge >= 0.3 is 0 Å². The summed E-state index contributed by atoms with van der Waals surface area (Å²) < 4.78 is 5.28. The van der Waals surface area contributed by atoms with Crippen molar-refractivity contribution in [1.82, 2.24) is 5.01 Å². The number of hydrogen-bond donors (Lipinski definition) is 0. The number of hydrogen-bond acceptors (Lipinski definition) is 4. The highest BCUT2D eigenvalue weighted by molar-refractivity contribution is 6.35. The van der Waals surface area contributed by atoms with Gasteiger partial charge in [-0.25, -0.2) is 5.01 Å². The Morgan fingerprint density at radius 3 is 2.41 bits per heavy atom. The Kier molecular flexibility index (Phi) is 7.35. The van der Waals surface area contributed by atoms with E-state index >= 15 is 0 Å². The summed E-state index contributed by atoms with van der Waals surface area (Å²) in [7, 11) is 1.60. The second-order valence-electron chi connectivity index (χ2n) is 8.22. The molecule has 7 heteroatoms. The van der Waals surface area contributed by atoms with Crippen molar-refractivity contribution in [2.75, 3.05) is 7.11 Å². The molecular formula is C27H24Cl2N2O3. The van der Waals surface area contributed by atoms with Crippen molar-refractivity contribution >= 4 is 40.6 Å². The molecule has 0 fully saturated rings. The molecule has 0 spiro atoms. The quantitative estimate of drug-likeness (QED) is 0.340. The van der Waals surface area contributed by atoms with Gasteiger partial charge in [-0.15, -0.1) is 0 Å². The number of amides is 1. The molecule has 0 N–H and O–H groups in total. The van der Waals surface area contributed by atoms with Gasteiger partial charge in [0, 0.05) is 33.7 Å². The van der Waals surface area contributed by atoms with Crippen LogP contribution >= 0.6 is 23.2 Å². The fraction of sp³-hybridized carbons (Fsp3) is 0.222. The van der Waals surface area contributed by atoms with Crippen LogP contribution in [0.3, 0.4) is 0 Å². The number of halogens is 2. The summed E-state index contributed by atoms with van der Waals surface area (Å²) in [5, 5.41) is 6.97. The molecule has 0 saturated carbocycles. The molecule has 1 aliphatic rings. The first kappa shape index (κ1) is 24.0. The Bertz CT molecular complexity index is 1230. The third-order valence-electron chi connectivity index (χ3n) is 6.03. The lowest BCUT2D eigenvalue weighted by Gasteiger charge is -2.24. The number of carbonyl (C=O) groups is 2. The van der Waals surface area contributed by atoms with Crippen LogP contribution in [0.15, 0.2) is 77.9 Å². The van der Waals surface area contributed by atoms with Gasteiger partial charge in [0.1, 0.15) is 5.75 Å². The van der Waals surface area contributed by atoms with E-state index in [0.717, 1.165) is 11.1 Å². The van der Waals surface area contributed by atoms with E-state index in [1.54, 1.807) is 37.4 Å². The first-order valence-corrected chi connectivity index (χ1v) is 11.7. The van der Waals surface area contributed by atoms with Gasteiger partial charge in [0.25, 0.3) is 5.91 Å². The first-order valence-electron chi connectivity index (χ1n) is 10.9. The maximum absolute atomic E-state index is 13.6. The van der Waals surface area contributed by atoms with Crippen molar-refractivity contribution in [3.05, 3.63) is 99.5 Å². The van der Waals surface area contributed by atoms with Gasteiger partial charge in [0.2, 0.25) is 0 Å². The highest BCUT2D eigenvalue weighted by Crippen LogP contribution is 2.37. The fourth-order valence-electron chi connectivity index (χ4n) is 4.25. The third kappa shape index (κ3) is 5.16. The van der Waals surface area contributed by atoms with Crippen LogP contribution in [0.25, 0.3) is 0 Å². The number of nitrogens with zero attached hydrogens (tertiary/aromatic N) is 2. The van der Waals surface area contributed by atoms with E-state index in [0.29, 0.717) is 27.1 Å². The van der Waals surface area contributed by atoms with Crippen LogP contribution < -0.4 is 4.74 Å². The summed E-state index contributed by atoms with van der Waals surface area (Å²) in [5.41, 5.74) is 2.91. The molecule has 2 atom stereocenters. The van der Waals surface area contributed by atoms with Crippen molar-refractivity contribution < 1.29 is 14.3 Å². The number of methoxy groups -OCH3 is 1. The van der Waals surface area contributed by atoms with Crippen molar-refractivity contribution in [3.63, 3.8) is 0 Å². The second-order valence-corrected chi connectivity index (χ2v) is 9.07. The molecule has 174 valence electrons. The highest BCUT2D eigenvalue weighted by atomic mass is 35.5. The molecule has 4 rings (SSSR count). The summed E-state index contributed by atoms with van der Waals surface area (Å²) in [5.74, 6) is -0.418. The molecule has 0 saturated heterocycles. The maximum Gasteiger partial charge on any atom is 0.252 e. The van der Waals surface area contributed by atoms with E-state index in [-0.39, 0.29) is 30.6 Å². The van der Waals surface area contributed by atoms with Crippen LogP contribution in [-0.2, 0) is 11.3 Å². The van der Waals surface area contributed by atoms with Gasteiger partial charge in [0.05, 0.1) is 19.6 Å². The molecule has 0 aliphatic carbocycles. The summed E-state index contributed by atoms with van der Waals surface area (Å²) in [6.07, 6.45) is 0.176. The second kappa shape index (κ2) is 10.4. The van der Waals surface area contributed by atoms with Crippen molar-refractivity contribution in [2.24, 2.45) is 11.0 Å². The lowest BCUT2D eigenvalue weighted by molar-refractivity contribution is -0.132. The highest BCUT2D eigenvalue weighted by Gasteiger charge is 2.41. The normalized spacial score (nSPS) is 16.4. The summed E-state index contributed by atoms with van der Waals surface area (Å²) in [6, 6.07) is 21.8. The predicted octanol–water partition coefficient (Wildman–Crippen LogP) is 6.39. The van der Waals surface area contributed by atoms with Crippen molar-refractivity contribution in [2.45, 2.75) is 25.8 Å². The topological polar surface area (TPSA) is 59.0 Å². The molecule has 1 heterocycles. The fourth-order valence-corrected chi connectivity index (χ4v) is 4.72. The zero-order valence-electron chi connectivity index (χ0n) is 18.9. The maximum atomic E-state index is 13.6. The zero-order valence-corrected chi connectivity index (χ0v) is 20.4. The smallest absolute Gasteiger partial charge is 0.252 e. The van der Waals surface area contributed by atoms with E-state index in [2.05, 4.69) is 5.10 Å². The molecule has 1 amide bonds. The van der Waals surface area contributed by atoms with Crippen molar-refractivity contribution in [3.8, 4) is 5.75 Å². The molecule has 34 heavy (non-hydrogen) atoms. The average Bonchev–Trinajstić information content (AvgIpc) is 3.12. The van der Waals surface area contributed by atoms with Gasteiger partial charge < -0.3 is 4.74 Å². The molecule has 0 aromatic heterocycles. The minimum Gasteiger partial charge on any atom is -0.497 e. The van der Waals surface area contributed by atoms with Crippen LogP contribution in [0.2, 0.25) is 10.0 Å². The third-order valence-corrected chi connectivity index (χ3v) is 6.62. The Hall–Kier alpha value is -3.15. The average molecular weight is 495 g/mol. The minimum atomic E-state index is -0.563. The predicted molar refractivity (Wildman–Crippen MR) is 135 cm³/mol. The van der Waals surface area contributed by atoms with Crippen molar-refractivity contribution in [1.29, 1.82) is 0 Å². The summed E-state index contributed by atoms with van der Waals surface area (Å²) >= 11 is 12.3.